The molecule has 0 spiro atoms. The third-order valence-corrected chi connectivity index (χ3v) is 5.66. The van der Waals surface area contributed by atoms with Crippen LogP contribution in [0.5, 0.6) is 0 Å². The molecule has 5 nitrogen and oxygen atoms in total. The van der Waals surface area contributed by atoms with Gasteiger partial charge in [-0.15, -0.1) is 6.58 Å². The second kappa shape index (κ2) is 4.94. The predicted octanol–water partition coefficient (Wildman–Crippen LogP) is 4.53. The molecule has 1 aliphatic heterocycles. The van der Waals surface area contributed by atoms with E-state index in [4.69, 9.17) is 32.7 Å². The summed E-state index contributed by atoms with van der Waals surface area (Å²) in [6.45, 7) is 10.0. The number of ether oxygens (including phenoxy) is 2. The molecule has 24 heavy (non-hydrogen) atoms. The minimum Gasteiger partial charge on any atom is -0.341 e. The van der Waals surface area contributed by atoms with Crippen molar-refractivity contribution in [2.45, 2.75) is 51.2 Å². The van der Waals surface area contributed by atoms with E-state index in [1.54, 1.807) is 0 Å². The molecule has 0 N–H and O–H groups in total. The largest absolute Gasteiger partial charge is 0.341 e. The topological polar surface area (TPSA) is 49.2 Å². The normalized spacial score (nSPS) is 34.6. The number of halogens is 2. The average molecular weight is 368 g/mol. The highest BCUT2D eigenvalue weighted by Crippen LogP contribution is 2.58. The van der Waals surface area contributed by atoms with Gasteiger partial charge in [0.2, 0.25) is 5.28 Å². The second-order valence-electron chi connectivity index (χ2n) is 7.26. The lowest BCUT2D eigenvalue weighted by atomic mass is 9.85. The highest BCUT2D eigenvalue weighted by molar-refractivity contribution is 6.35. The van der Waals surface area contributed by atoms with Crippen molar-refractivity contribution < 1.29 is 9.47 Å². The number of hydrogen-bond acceptors (Lipinski definition) is 4. The summed E-state index contributed by atoms with van der Waals surface area (Å²) in [5.74, 6) is -0.702. The Morgan fingerprint density at radius 2 is 2.04 bits per heavy atom. The van der Waals surface area contributed by atoms with E-state index in [9.17, 15) is 0 Å². The summed E-state index contributed by atoms with van der Waals surface area (Å²) in [6.07, 6.45) is 5.40. The Hall–Kier alpha value is -1.14. The van der Waals surface area contributed by atoms with Crippen LogP contribution in [0.1, 0.15) is 33.6 Å². The molecule has 0 amide bonds. The van der Waals surface area contributed by atoms with Crippen LogP contribution < -0.4 is 0 Å². The molecule has 7 heteroatoms. The van der Waals surface area contributed by atoms with E-state index in [0.29, 0.717) is 10.8 Å². The summed E-state index contributed by atoms with van der Waals surface area (Å²) < 4.78 is 14.7. The molecule has 1 saturated carbocycles. The third kappa shape index (κ3) is 2.08. The maximum atomic E-state index is 6.44. The van der Waals surface area contributed by atoms with Gasteiger partial charge in [-0.3, -0.25) is 0 Å². The first-order valence-electron chi connectivity index (χ1n) is 7.93. The van der Waals surface area contributed by atoms with Crippen molar-refractivity contribution in [3.05, 3.63) is 35.4 Å². The fourth-order valence-electron chi connectivity index (χ4n) is 4.05. The third-order valence-electron chi connectivity index (χ3n) is 5.20. The summed E-state index contributed by atoms with van der Waals surface area (Å²) in [7, 11) is 0. The van der Waals surface area contributed by atoms with Gasteiger partial charge in [0.05, 0.1) is 5.39 Å². The Balaban J connectivity index is 1.96. The van der Waals surface area contributed by atoms with Crippen molar-refractivity contribution in [3.8, 4) is 0 Å². The molecule has 0 unspecified atom stereocenters. The zero-order chi connectivity index (χ0) is 17.3. The van der Waals surface area contributed by atoms with E-state index in [1.165, 1.54) is 0 Å². The molecule has 2 aromatic rings. The van der Waals surface area contributed by atoms with Gasteiger partial charge in [0, 0.05) is 11.6 Å². The van der Waals surface area contributed by atoms with Crippen LogP contribution in [0.2, 0.25) is 10.4 Å². The van der Waals surface area contributed by atoms with Gasteiger partial charge in [-0.2, -0.15) is 4.98 Å². The van der Waals surface area contributed by atoms with Crippen molar-refractivity contribution in [3.63, 3.8) is 0 Å². The lowest BCUT2D eigenvalue weighted by Gasteiger charge is -2.33. The summed E-state index contributed by atoms with van der Waals surface area (Å²) in [4.78, 5) is 8.41. The summed E-state index contributed by atoms with van der Waals surface area (Å²) in [5.41, 5.74) is -0.209. The molecule has 1 aliphatic carbocycles. The molecule has 128 valence electrons. The Morgan fingerprint density at radius 1 is 1.29 bits per heavy atom. The Morgan fingerprint density at radius 3 is 2.75 bits per heavy atom. The number of fused-ring (bicyclic) bond motifs is 2. The minimum absolute atomic E-state index is 0.114. The van der Waals surface area contributed by atoms with Crippen LogP contribution in [0, 0.1) is 5.41 Å². The highest BCUT2D eigenvalue weighted by atomic mass is 35.5. The van der Waals surface area contributed by atoms with Gasteiger partial charge in [-0.25, -0.2) is 4.98 Å². The van der Waals surface area contributed by atoms with Crippen molar-refractivity contribution in [2.24, 2.45) is 5.41 Å². The van der Waals surface area contributed by atoms with E-state index in [1.807, 2.05) is 36.8 Å². The SMILES string of the molecule is C=C[C@@]1(C)CC[C@@]2(n3ccc4c(Cl)nc(Cl)nc43)OC(C)(C)O[C@H]12. The van der Waals surface area contributed by atoms with Gasteiger partial charge in [0.1, 0.15) is 16.9 Å². The zero-order valence-corrected chi connectivity index (χ0v) is 15.4. The van der Waals surface area contributed by atoms with Gasteiger partial charge < -0.3 is 14.0 Å². The first-order valence-corrected chi connectivity index (χ1v) is 8.69. The van der Waals surface area contributed by atoms with Crippen LogP contribution >= 0.6 is 23.2 Å². The number of hydrogen-bond donors (Lipinski definition) is 0. The van der Waals surface area contributed by atoms with E-state index >= 15 is 0 Å². The molecule has 3 atom stereocenters. The van der Waals surface area contributed by atoms with Crippen LogP contribution in [-0.4, -0.2) is 26.4 Å². The minimum atomic E-state index is -0.702. The van der Waals surface area contributed by atoms with Gasteiger partial charge >= 0.3 is 0 Å². The fourth-order valence-corrected chi connectivity index (χ4v) is 4.49. The predicted molar refractivity (Wildman–Crippen MR) is 93.1 cm³/mol. The van der Waals surface area contributed by atoms with E-state index in [2.05, 4.69) is 23.5 Å². The molecule has 4 rings (SSSR count). The summed E-state index contributed by atoms with van der Waals surface area (Å²) in [6, 6.07) is 1.89. The van der Waals surface area contributed by atoms with E-state index in [0.717, 1.165) is 18.2 Å². The first-order chi connectivity index (χ1) is 11.2. The Bertz CT molecular complexity index is 850. The van der Waals surface area contributed by atoms with Crippen LogP contribution in [0.3, 0.4) is 0 Å². The van der Waals surface area contributed by atoms with Gasteiger partial charge in [0.15, 0.2) is 11.5 Å². The van der Waals surface area contributed by atoms with Crippen LogP contribution in [-0.2, 0) is 15.2 Å². The van der Waals surface area contributed by atoms with Crippen LogP contribution in [0.15, 0.2) is 24.9 Å². The first kappa shape index (κ1) is 16.3. The number of rotatable bonds is 2. The van der Waals surface area contributed by atoms with Gasteiger partial charge in [0.25, 0.3) is 0 Å². The molecule has 1 saturated heterocycles. The fraction of sp³-hybridized carbons (Fsp3) is 0.529. The molecule has 2 aliphatic rings. The molecular formula is C17H19Cl2N3O2. The van der Waals surface area contributed by atoms with Gasteiger partial charge in [-0.1, -0.05) is 24.6 Å². The van der Waals surface area contributed by atoms with Crippen molar-refractivity contribution in [1.82, 2.24) is 14.5 Å². The smallest absolute Gasteiger partial charge is 0.225 e. The summed E-state index contributed by atoms with van der Waals surface area (Å²) >= 11 is 12.3. The van der Waals surface area contributed by atoms with Crippen LogP contribution in [0.25, 0.3) is 11.0 Å². The number of aromatic nitrogens is 3. The monoisotopic (exact) mass is 367 g/mol. The molecule has 2 fully saturated rings. The van der Waals surface area contributed by atoms with E-state index in [-0.39, 0.29) is 16.8 Å². The molecule has 2 aromatic heterocycles. The lowest BCUT2D eigenvalue weighted by Crippen LogP contribution is -2.43. The quantitative estimate of drug-likeness (QED) is 0.444. The van der Waals surface area contributed by atoms with Crippen molar-refractivity contribution in [2.75, 3.05) is 0 Å². The standard InChI is InChI=1S/C17H19Cl2N3O2/c1-5-16(4)7-8-17(13(16)23-15(2,3)24-17)22-9-6-10-11(18)20-14(19)21-12(10)22/h5-6,9,13H,1,7-8H2,2-4H3/t13-,16+,17-/m1/s1. The molecule has 0 bridgehead atoms. The molecule has 0 aromatic carbocycles. The van der Waals surface area contributed by atoms with Crippen molar-refractivity contribution >= 4 is 34.2 Å². The maximum absolute atomic E-state index is 6.44. The van der Waals surface area contributed by atoms with Crippen molar-refractivity contribution in [1.29, 1.82) is 0 Å². The average Bonchev–Trinajstić information content (AvgIpc) is 3.11. The zero-order valence-electron chi connectivity index (χ0n) is 13.8. The summed E-state index contributed by atoms with van der Waals surface area (Å²) in [5, 5.41) is 1.19. The molecule has 0 radical (unpaired) electrons. The Labute approximate surface area is 150 Å². The second-order valence-corrected chi connectivity index (χ2v) is 7.96. The van der Waals surface area contributed by atoms with E-state index < -0.39 is 11.5 Å². The maximum Gasteiger partial charge on any atom is 0.225 e. The highest BCUT2D eigenvalue weighted by Gasteiger charge is 2.64. The van der Waals surface area contributed by atoms with Gasteiger partial charge in [-0.05, 0) is 44.4 Å². The molecular weight excluding hydrogens is 349 g/mol. The lowest BCUT2D eigenvalue weighted by molar-refractivity contribution is -0.188. The van der Waals surface area contributed by atoms with Crippen LogP contribution in [0.4, 0.5) is 0 Å². The Kier molecular flexibility index (Phi) is 3.37. The number of nitrogens with zero attached hydrogens (tertiary/aromatic N) is 3. The molecule has 3 heterocycles.